The van der Waals surface area contributed by atoms with Crippen molar-refractivity contribution >= 4 is 28.3 Å². The molecule has 90 valence electrons. The summed E-state index contributed by atoms with van der Waals surface area (Å²) in [6.45, 7) is 1.98. The van der Waals surface area contributed by atoms with Crippen molar-refractivity contribution in [2.45, 2.75) is 6.92 Å². The lowest BCUT2D eigenvalue weighted by atomic mass is 10.1. The second-order valence-corrected chi connectivity index (χ2v) is 4.39. The van der Waals surface area contributed by atoms with E-state index in [1.54, 1.807) is 7.11 Å². The van der Waals surface area contributed by atoms with Crippen LogP contribution in [0.15, 0.2) is 12.1 Å². The molecular formula is C12H14ClN3O. The number of benzene rings is 1. The number of hydrogen-bond acceptors (Lipinski definition) is 4. The molecule has 0 aliphatic rings. The largest absolute Gasteiger partial charge is 0.497 e. The Hall–Kier alpha value is -1.55. The maximum Gasteiger partial charge on any atom is 0.224 e. The molecule has 5 heteroatoms. The van der Waals surface area contributed by atoms with E-state index >= 15 is 0 Å². The number of methoxy groups -OCH3 is 1. The fraction of sp³-hybridized carbons (Fsp3) is 0.333. The third-order valence-electron chi connectivity index (χ3n) is 2.58. The molecule has 4 nitrogen and oxygen atoms in total. The van der Waals surface area contributed by atoms with Crippen LogP contribution in [-0.4, -0.2) is 31.2 Å². The van der Waals surface area contributed by atoms with Crippen LogP contribution in [0.1, 0.15) is 5.56 Å². The van der Waals surface area contributed by atoms with E-state index in [1.807, 2.05) is 38.1 Å². The lowest BCUT2D eigenvalue weighted by molar-refractivity contribution is 0.415. The highest BCUT2D eigenvalue weighted by molar-refractivity contribution is 6.28. The second-order valence-electron chi connectivity index (χ2n) is 4.05. The molecule has 2 rings (SSSR count). The minimum atomic E-state index is 0.259. The molecule has 2 aromatic rings. The summed E-state index contributed by atoms with van der Waals surface area (Å²) in [7, 11) is 5.49. The molecule has 0 aliphatic heterocycles. The van der Waals surface area contributed by atoms with Crippen molar-refractivity contribution < 1.29 is 4.74 Å². The molecule has 0 radical (unpaired) electrons. The summed E-state index contributed by atoms with van der Waals surface area (Å²) in [4.78, 5) is 10.4. The van der Waals surface area contributed by atoms with E-state index in [-0.39, 0.29) is 5.28 Å². The van der Waals surface area contributed by atoms with Crippen LogP contribution in [0.25, 0.3) is 10.9 Å². The Kier molecular flexibility index (Phi) is 3.07. The third-order valence-corrected chi connectivity index (χ3v) is 2.75. The first-order valence-electron chi connectivity index (χ1n) is 5.22. The van der Waals surface area contributed by atoms with Gasteiger partial charge in [-0.1, -0.05) is 0 Å². The first-order valence-corrected chi connectivity index (χ1v) is 5.60. The van der Waals surface area contributed by atoms with Gasteiger partial charge in [0.15, 0.2) is 0 Å². The fourth-order valence-corrected chi connectivity index (χ4v) is 1.95. The van der Waals surface area contributed by atoms with E-state index in [0.717, 1.165) is 28.0 Å². The number of nitrogens with zero attached hydrogens (tertiary/aromatic N) is 3. The van der Waals surface area contributed by atoms with Crippen LogP contribution in [0.2, 0.25) is 5.28 Å². The molecule has 0 bridgehead atoms. The van der Waals surface area contributed by atoms with E-state index in [9.17, 15) is 0 Å². The lowest BCUT2D eigenvalue weighted by Crippen LogP contribution is -2.12. The first-order chi connectivity index (χ1) is 8.02. The van der Waals surface area contributed by atoms with Gasteiger partial charge in [-0.25, -0.2) is 4.98 Å². The smallest absolute Gasteiger partial charge is 0.224 e. The van der Waals surface area contributed by atoms with Gasteiger partial charge in [-0.3, -0.25) is 0 Å². The number of rotatable bonds is 2. The van der Waals surface area contributed by atoms with Gasteiger partial charge in [0.2, 0.25) is 5.28 Å². The number of aromatic nitrogens is 2. The van der Waals surface area contributed by atoms with Crippen LogP contribution in [0.3, 0.4) is 0 Å². The quantitative estimate of drug-likeness (QED) is 0.770. The number of hydrogen-bond donors (Lipinski definition) is 0. The topological polar surface area (TPSA) is 38.3 Å². The molecule has 0 amide bonds. The monoisotopic (exact) mass is 251 g/mol. The Morgan fingerprint density at radius 3 is 2.53 bits per heavy atom. The molecule has 0 saturated carbocycles. The molecule has 0 spiro atoms. The van der Waals surface area contributed by atoms with E-state index in [0.29, 0.717) is 0 Å². The number of anilines is 1. The number of aryl methyl sites for hydroxylation is 1. The van der Waals surface area contributed by atoms with Gasteiger partial charge in [-0.05, 0) is 36.2 Å². The predicted octanol–water partition coefficient (Wildman–Crippen LogP) is 2.67. The first kappa shape index (κ1) is 11.9. The Balaban J connectivity index is 2.85. The van der Waals surface area contributed by atoms with Crippen LogP contribution >= 0.6 is 11.6 Å². The molecule has 0 N–H and O–H groups in total. The molecule has 0 atom stereocenters. The zero-order valence-electron chi connectivity index (χ0n) is 10.3. The highest BCUT2D eigenvalue weighted by atomic mass is 35.5. The van der Waals surface area contributed by atoms with Crippen LogP contribution in [0.5, 0.6) is 5.75 Å². The van der Waals surface area contributed by atoms with Crippen molar-refractivity contribution in [1.29, 1.82) is 0 Å². The maximum absolute atomic E-state index is 5.93. The van der Waals surface area contributed by atoms with Gasteiger partial charge in [0, 0.05) is 19.5 Å². The minimum absolute atomic E-state index is 0.259. The highest BCUT2D eigenvalue weighted by Gasteiger charge is 2.11. The summed E-state index contributed by atoms with van der Waals surface area (Å²) in [5.74, 6) is 1.59. The SMILES string of the molecule is COc1cc(C)c2nc(Cl)nc(N(C)C)c2c1. The highest BCUT2D eigenvalue weighted by Crippen LogP contribution is 2.30. The van der Waals surface area contributed by atoms with Gasteiger partial charge < -0.3 is 9.64 Å². The van der Waals surface area contributed by atoms with E-state index in [1.165, 1.54) is 0 Å². The van der Waals surface area contributed by atoms with Crippen LogP contribution in [0, 0.1) is 6.92 Å². The molecule has 1 aromatic heterocycles. The molecule has 0 fully saturated rings. The Labute approximate surface area is 105 Å². The maximum atomic E-state index is 5.93. The van der Waals surface area contributed by atoms with Gasteiger partial charge in [0.1, 0.15) is 11.6 Å². The standard InChI is InChI=1S/C12H14ClN3O/c1-7-5-8(17-4)6-9-10(7)14-12(13)15-11(9)16(2)3/h5-6H,1-4H3. The van der Waals surface area contributed by atoms with Crippen molar-refractivity contribution in [3.05, 3.63) is 23.0 Å². The van der Waals surface area contributed by atoms with Crippen molar-refractivity contribution in [3.63, 3.8) is 0 Å². The van der Waals surface area contributed by atoms with Crippen molar-refractivity contribution in [2.75, 3.05) is 26.1 Å². The second kappa shape index (κ2) is 4.37. The molecule has 0 saturated heterocycles. The Morgan fingerprint density at radius 2 is 1.94 bits per heavy atom. The predicted molar refractivity (Wildman–Crippen MR) is 70.2 cm³/mol. The summed E-state index contributed by atoms with van der Waals surface area (Å²) < 4.78 is 5.26. The number of fused-ring (bicyclic) bond motifs is 1. The number of halogens is 1. The van der Waals surface area contributed by atoms with Crippen LogP contribution in [-0.2, 0) is 0 Å². The molecule has 1 heterocycles. The average molecular weight is 252 g/mol. The molecule has 0 unspecified atom stereocenters. The fourth-order valence-electron chi connectivity index (χ4n) is 1.79. The van der Waals surface area contributed by atoms with E-state index in [2.05, 4.69) is 9.97 Å². The van der Waals surface area contributed by atoms with Gasteiger partial charge in [-0.15, -0.1) is 0 Å². The van der Waals surface area contributed by atoms with Gasteiger partial charge >= 0.3 is 0 Å². The van der Waals surface area contributed by atoms with Crippen molar-refractivity contribution in [2.24, 2.45) is 0 Å². The summed E-state index contributed by atoms with van der Waals surface area (Å²) in [6, 6.07) is 3.86. The van der Waals surface area contributed by atoms with Gasteiger partial charge in [0.25, 0.3) is 0 Å². The van der Waals surface area contributed by atoms with Crippen LogP contribution < -0.4 is 9.64 Å². The molecule has 1 aromatic carbocycles. The Morgan fingerprint density at radius 1 is 1.24 bits per heavy atom. The van der Waals surface area contributed by atoms with E-state index in [4.69, 9.17) is 16.3 Å². The molecular weight excluding hydrogens is 238 g/mol. The molecule has 0 aliphatic carbocycles. The van der Waals surface area contributed by atoms with Crippen molar-refractivity contribution in [1.82, 2.24) is 9.97 Å². The average Bonchev–Trinajstić information content (AvgIpc) is 2.28. The lowest BCUT2D eigenvalue weighted by Gasteiger charge is -2.15. The van der Waals surface area contributed by atoms with Gasteiger partial charge in [0.05, 0.1) is 12.6 Å². The summed E-state index contributed by atoms with van der Waals surface area (Å²) in [5.41, 5.74) is 1.88. The Bertz CT molecular complexity index is 569. The summed E-state index contributed by atoms with van der Waals surface area (Å²) in [5, 5.41) is 1.20. The summed E-state index contributed by atoms with van der Waals surface area (Å²) in [6.07, 6.45) is 0. The third kappa shape index (κ3) is 2.13. The zero-order chi connectivity index (χ0) is 12.6. The molecule has 17 heavy (non-hydrogen) atoms. The normalized spacial score (nSPS) is 10.6. The van der Waals surface area contributed by atoms with E-state index < -0.39 is 0 Å². The van der Waals surface area contributed by atoms with Crippen molar-refractivity contribution in [3.8, 4) is 5.75 Å². The van der Waals surface area contributed by atoms with Gasteiger partial charge in [-0.2, -0.15) is 4.98 Å². The summed E-state index contributed by atoms with van der Waals surface area (Å²) >= 11 is 5.93. The minimum Gasteiger partial charge on any atom is -0.497 e. The number of ether oxygens (including phenoxy) is 1. The zero-order valence-corrected chi connectivity index (χ0v) is 11.0. The van der Waals surface area contributed by atoms with Crippen LogP contribution in [0.4, 0.5) is 5.82 Å².